The van der Waals surface area contributed by atoms with Gasteiger partial charge in [0.1, 0.15) is 11.5 Å². The average molecular weight is 373 g/mol. The average Bonchev–Trinajstić information content (AvgIpc) is 2.74. The minimum absolute atomic E-state index is 0.768. The molecule has 0 amide bonds. The highest BCUT2D eigenvalue weighted by atomic mass is 16.5. The standard InChI is InChI=1S/C26H28O2/c1-3-5-17-27-25-11-7-9-19-21-14-16-24-20(22(21)13-15-23(19)25)10-8-12-26(24)28-18-6-4-2/h7-16H,3-6,17-18H2,1-2H3. The van der Waals surface area contributed by atoms with E-state index in [2.05, 4.69) is 74.5 Å². The van der Waals surface area contributed by atoms with Crippen LogP contribution in [0.5, 0.6) is 11.5 Å². The van der Waals surface area contributed by atoms with Gasteiger partial charge in [0.05, 0.1) is 13.2 Å². The molecular formula is C26H28O2. The Morgan fingerprint density at radius 1 is 0.500 bits per heavy atom. The SMILES string of the molecule is CCCCOc1cccc2c1ccc1c3cccc(OCCCC)c3ccc21. The van der Waals surface area contributed by atoms with Gasteiger partial charge in [0.25, 0.3) is 0 Å². The molecule has 144 valence electrons. The predicted octanol–water partition coefficient (Wildman–Crippen LogP) is 7.50. The monoisotopic (exact) mass is 372 g/mol. The summed E-state index contributed by atoms with van der Waals surface area (Å²) in [6.45, 7) is 5.91. The summed E-state index contributed by atoms with van der Waals surface area (Å²) in [5.41, 5.74) is 0. The zero-order chi connectivity index (χ0) is 19.3. The summed E-state index contributed by atoms with van der Waals surface area (Å²) < 4.78 is 12.1. The molecule has 0 aliphatic heterocycles. The number of hydrogen-bond acceptors (Lipinski definition) is 2. The van der Waals surface area contributed by atoms with Gasteiger partial charge in [0, 0.05) is 10.8 Å². The minimum Gasteiger partial charge on any atom is -0.493 e. The molecule has 0 saturated carbocycles. The number of rotatable bonds is 8. The summed E-state index contributed by atoms with van der Waals surface area (Å²) in [5, 5.41) is 7.37. The molecular weight excluding hydrogens is 344 g/mol. The van der Waals surface area contributed by atoms with Crippen molar-refractivity contribution in [3.05, 3.63) is 60.7 Å². The third-order valence-corrected chi connectivity index (χ3v) is 5.35. The van der Waals surface area contributed by atoms with Crippen molar-refractivity contribution >= 4 is 32.3 Å². The second-order valence-corrected chi connectivity index (χ2v) is 7.33. The molecule has 0 aliphatic carbocycles. The number of hydrogen-bond donors (Lipinski definition) is 0. The van der Waals surface area contributed by atoms with Gasteiger partial charge in [-0.2, -0.15) is 0 Å². The largest absolute Gasteiger partial charge is 0.493 e. The maximum absolute atomic E-state index is 6.05. The molecule has 0 aliphatic rings. The summed E-state index contributed by atoms with van der Waals surface area (Å²) in [6.07, 6.45) is 4.44. The lowest BCUT2D eigenvalue weighted by Gasteiger charge is -2.14. The Kier molecular flexibility index (Phi) is 5.66. The third-order valence-electron chi connectivity index (χ3n) is 5.35. The minimum atomic E-state index is 0.768. The first-order chi connectivity index (χ1) is 13.8. The molecule has 2 heteroatoms. The number of ether oxygens (including phenoxy) is 2. The Labute approximate surface area is 167 Å². The molecule has 4 rings (SSSR count). The van der Waals surface area contributed by atoms with Gasteiger partial charge in [-0.1, -0.05) is 63.1 Å². The van der Waals surface area contributed by atoms with Gasteiger partial charge in [-0.15, -0.1) is 0 Å². The van der Waals surface area contributed by atoms with Crippen LogP contribution >= 0.6 is 0 Å². The van der Waals surface area contributed by atoms with E-state index in [1.54, 1.807) is 0 Å². The molecule has 0 radical (unpaired) electrons. The quantitative estimate of drug-likeness (QED) is 0.235. The van der Waals surface area contributed by atoms with Crippen LogP contribution in [0, 0.1) is 0 Å². The van der Waals surface area contributed by atoms with E-state index in [4.69, 9.17) is 9.47 Å². The topological polar surface area (TPSA) is 18.5 Å². The van der Waals surface area contributed by atoms with Crippen LogP contribution in [0.2, 0.25) is 0 Å². The Hall–Kier alpha value is -2.74. The highest BCUT2D eigenvalue weighted by Crippen LogP contribution is 2.37. The van der Waals surface area contributed by atoms with E-state index in [0.717, 1.165) is 50.4 Å². The summed E-state index contributed by atoms with van der Waals surface area (Å²) in [6, 6.07) is 21.6. The highest BCUT2D eigenvalue weighted by molar-refractivity contribution is 6.18. The van der Waals surface area contributed by atoms with Gasteiger partial charge in [-0.05, 0) is 58.7 Å². The van der Waals surface area contributed by atoms with E-state index in [1.165, 1.54) is 32.3 Å². The molecule has 0 spiro atoms. The van der Waals surface area contributed by atoms with E-state index in [9.17, 15) is 0 Å². The van der Waals surface area contributed by atoms with Crippen molar-refractivity contribution in [2.24, 2.45) is 0 Å². The van der Waals surface area contributed by atoms with Crippen molar-refractivity contribution in [2.75, 3.05) is 13.2 Å². The first kappa shape index (κ1) is 18.6. The lowest BCUT2D eigenvalue weighted by Crippen LogP contribution is -1.97. The highest BCUT2D eigenvalue weighted by Gasteiger charge is 2.10. The first-order valence-electron chi connectivity index (χ1n) is 10.5. The molecule has 0 atom stereocenters. The molecule has 0 fully saturated rings. The van der Waals surface area contributed by atoms with Crippen molar-refractivity contribution in [3.8, 4) is 11.5 Å². The molecule has 4 aromatic rings. The van der Waals surface area contributed by atoms with Crippen molar-refractivity contribution in [1.29, 1.82) is 0 Å². The molecule has 0 unspecified atom stereocenters. The molecule has 0 saturated heterocycles. The second kappa shape index (κ2) is 8.52. The normalized spacial score (nSPS) is 11.4. The van der Waals surface area contributed by atoms with Gasteiger partial charge >= 0.3 is 0 Å². The fourth-order valence-electron chi connectivity index (χ4n) is 3.79. The lowest BCUT2D eigenvalue weighted by atomic mass is 9.96. The Bertz CT molecular complexity index is 1010. The zero-order valence-electron chi connectivity index (χ0n) is 16.8. The van der Waals surface area contributed by atoms with E-state index >= 15 is 0 Å². The van der Waals surface area contributed by atoms with Crippen LogP contribution < -0.4 is 9.47 Å². The number of unbranched alkanes of at least 4 members (excludes halogenated alkanes) is 2. The smallest absolute Gasteiger partial charge is 0.127 e. The molecule has 28 heavy (non-hydrogen) atoms. The maximum Gasteiger partial charge on any atom is 0.127 e. The molecule has 0 N–H and O–H groups in total. The van der Waals surface area contributed by atoms with Crippen molar-refractivity contribution < 1.29 is 9.47 Å². The van der Waals surface area contributed by atoms with Gasteiger partial charge in [0.15, 0.2) is 0 Å². The van der Waals surface area contributed by atoms with Gasteiger partial charge in [0.2, 0.25) is 0 Å². The Balaban J connectivity index is 1.82. The van der Waals surface area contributed by atoms with Crippen molar-refractivity contribution in [2.45, 2.75) is 39.5 Å². The van der Waals surface area contributed by atoms with Crippen LogP contribution in [0.4, 0.5) is 0 Å². The first-order valence-corrected chi connectivity index (χ1v) is 10.5. The van der Waals surface area contributed by atoms with Crippen molar-refractivity contribution in [3.63, 3.8) is 0 Å². The van der Waals surface area contributed by atoms with Crippen LogP contribution in [0.3, 0.4) is 0 Å². The van der Waals surface area contributed by atoms with Crippen LogP contribution in [0.1, 0.15) is 39.5 Å². The summed E-state index contributed by atoms with van der Waals surface area (Å²) in [4.78, 5) is 0. The van der Waals surface area contributed by atoms with Crippen LogP contribution in [0.25, 0.3) is 32.3 Å². The van der Waals surface area contributed by atoms with Gasteiger partial charge < -0.3 is 9.47 Å². The van der Waals surface area contributed by atoms with E-state index < -0.39 is 0 Å². The molecule has 4 aromatic carbocycles. The Morgan fingerprint density at radius 3 is 1.32 bits per heavy atom. The van der Waals surface area contributed by atoms with Gasteiger partial charge in [-0.3, -0.25) is 0 Å². The summed E-state index contributed by atoms with van der Waals surface area (Å²) in [5.74, 6) is 1.95. The number of benzene rings is 4. The molecule has 0 bridgehead atoms. The fraction of sp³-hybridized carbons (Fsp3) is 0.308. The van der Waals surface area contributed by atoms with Gasteiger partial charge in [-0.25, -0.2) is 0 Å². The molecule has 2 nitrogen and oxygen atoms in total. The predicted molar refractivity (Wildman–Crippen MR) is 120 cm³/mol. The van der Waals surface area contributed by atoms with Crippen LogP contribution in [-0.4, -0.2) is 13.2 Å². The number of fused-ring (bicyclic) bond motifs is 5. The third kappa shape index (κ3) is 3.52. The van der Waals surface area contributed by atoms with E-state index in [0.29, 0.717) is 0 Å². The zero-order valence-corrected chi connectivity index (χ0v) is 16.8. The Morgan fingerprint density at radius 2 is 0.893 bits per heavy atom. The maximum atomic E-state index is 6.05. The summed E-state index contributed by atoms with van der Waals surface area (Å²) >= 11 is 0. The van der Waals surface area contributed by atoms with Crippen LogP contribution in [0.15, 0.2) is 60.7 Å². The van der Waals surface area contributed by atoms with E-state index in [-0.39, 0.29) is 0 Å². The molecule has 0 aromatic heterocycles. The molecule has 0 heterocycles. The second-order valence-electron chi connectivity index (χ2n) is 7.33. The fourth-order valence-corrected chi connectivity index (χ4v) is 3.79. The summed E-state index contributed by atoms with van der Waals surface area (Å²) in [7, 11) is 0. The van der Waals surface area contributed by atoms with Crippen LogP contribution in [-0.2, 0) is 0 Å². The van der Waals surface area contributed by atoms with Crippen molar-refractivity contribution in [1.82, 2.24) is 0 Å². The van der Waals surface area contributed by atoms with E-state index in [1.807, 2.05) is 0 Å². The lowest BCUT2D eigenvalue weighted by molar-refractivity contribution is 0.313.